The highest BCUT2D eigenvalue weighted by Crippen LogP contribution is 2.12. The molecule has 4 heteroatoms. The lowest BCUT2D eigenvalue weighted by Crippen LogP contribution is -2.28. The minimum Gasteiger partial charge on any atom is -0.396 e. The third-order valence-corrected chi connectivity index (χ3v) is 3.63. The summed E-state index contributed by atoms with van der Waals surface area (Å²) in [7, 11) is 0. The summed E-state index contributed by atoms with van der Waals surface area (Å²) in [5.41, 5.74) is 0.990. The number of hydrogen-bond donors (Lipinski definition) is 2. The van der Waals surface area contributed by atoms with Gasteiger partial charge in [0.1, 0.15) is 0 Å². The summed E-state index contributed by atoms with van der Waals surface area (Å²) in [5.74, 6) is 0.266. The van der Waals surface area contributed by atoms with E-state index in [0.29, 0.717) is 12.5 Å². The molecule has 20 heavy (non-hydrogen) atoms. The summed E-state index contributed by atoms with van der Waals surface area (Å²) in [6, 6.07) is 7.77. The second-order valence-corrected chi connectivity index (χ2v) is 5.71. The number of aliphatic hydroxyl groups excluding tert-OH is 1. The standard InChI is InChI=1S/C16H22BrNO2/c1-2-3-14(10-11-19)12-18-16(20)9-6-13-4-7-15(17)8-5-13/h4-9,14,19H,2-3,10-12H2,1H3,(H,18,20)/b9-6+. The molecule has 0 aliphatic heterocycles. The van der Waals surface area contributed by atoms with Crippen molar-refractivity contribution in [2.24, 2.45) is 5.92 Å². The maximum Gasteiger partial charge on any atom is 0.244 e. The van der Waals surface area contributed by atoms with Crippen LogP contribution in [0.5, 0.6) is 0 Å². The van der Waals surface area contributed by atoms with E-state index in [1.807, 2.05) is 24.3 Å². The molecule has 0 saturated carbocycles. The Labute approximate surface area is 129 Å². The topological polar surface area (TPSA) is 49.3 Å². The van der Waals surface area contributed by atoms with Crippen LogP contribution in [0.4, 0.5) is 0 Å². The molecule has 0 aliphatic carbocycles. The number of amides is 1. The lowest BCUT2D eigenvalue weighted by Gasteiger charge is -2.14. The normalized spacial score (nSPS) is 12.6. The van der Waals surface area contributed by atoms with Crippen LogP contribution in [0, 0.1) is 5.92 Å². The van der Waals surface area contributed by atoms with Crippen LogP contribution in [0.2, 0.25) is 0 Å². The van der Waals surface area contributed by atoms with E-state index in [-0.39, 0.29) is 12.5 Å². The molecule has 1 amide bonds. The number of carbonyl (C=O) groups excluding carboxylic acids is 1. The molecule has 0 spiro atoms. The highest BCUT2D eigenvalue weighted by Gasteiger charge is 2.07. The van der Waals surface area contributed by atoms with Crippen molar-refractivity contribution in [3.8, 4) is 0 Å². The van der Waals surface area contributed by atoms with Crippen molar-refractivity contribution >= 4 is 27.9 Å². The molecule has 3 nitrogen and oxygen atoms in total. The Kier molecular flexibility index (Phi) is 8.23. The summed E-state index contributed by atoms with van der Waals surface area (Å²) in [6.07, 6.45) is 6.17. The quantitative estimate of drug-likeness (QED) is 0.713. The molecule has 110 valence electrons. The number of halogens is 1. The van der Waals surface area contributed by atoms with Crippen molar-refractivity contribution in [1.82, 2.24) is 5.32 Å². The number of nitrogens with one attached hydrogen (secondary N) is 1. The second-order valence-electron chi connectivity index (χ2n) is 4.80. The smallest absolute Gasteiger partial charge is 0.244 e. The first-order valence-corrected chi connectivity index (χ1v) is 7.77. The van der Waals surface area contributed by atoms with E-state index >= 15 is 0 Å². The second kappa shape index (κ2) is 9.72. The number of aliphatic hydroxyl groups is 1. The van der Waals surface area contributed by atoms with Crippen LogP contribution in [-0.4, -0.2) is 24.2 Å². The minimum absolute atomic E-state index is 0.0908. The molecular formula is C16H22BrNO2. The predicted octanol–water partition coefficient (Wildman–Crippen LogP) is 3.38. The lowest BCUT2D eigenvalue weighted by atomic mass is 10.0. The fourth-order valence-corrected chi connectivity index (χ4v) is 2.25. The highest BCUT2D eigenvalue weighted by atomic mass is 79.9. The molecule has 0 saturated heterocycles. The number of rotatable bonds is 8. The molecule has 1 unspecified atom stereocenters. The summed E-state index contributed by atoms with van der Waals surface area (Å²) in [6.45, 7) is 2.91. The zero-order valence-corrected chi connectivity index (χ0v) is 13.4. The van der Waals surface area contributed by atoms with Crippen LogP contribution >= 0.6 is 15.9 Å². The van der Waals surface area contributed by atoms with Gasteiger partial charge in [0.15, 0.2) is 0 Å². The molecule has 0 heterocycles. The van der Waals surface area contributed by atoms with Crippen LogP contribution in [0.25, 0.3) is 6.08 Å². The van der Waals surface area contributed by atoms with E-state index in [0.717, 1.165) is 29.3 Å². The SMILES string of the molecule is CCCC(CCO)CNC(=O)/C=C/c1ccc(Br)cc1. The van der Waals surface area contributed by atoms with Gasteiger partial charge in [-0.05, 0) is 42.5 Å². The fourth-order valence-electron chi connectivity index (χ4n) is 1.99. The van der Waals surface area contributed by atoms with E-state index in [2.05, 4.69) is 28.2 Å². The van der Waals surface area contributed by atoms with Gasteiger partial charge in [0.2, 0.25) is 5.91 Å². The first kappa shape index (κ1) is 16.9. The Bertz CT molecular complexity index is 423. The Morgan fingerprint density at radius 1 is 1.35 bits per heavy atom. The molecule has 0 bridgehead atoms. The maximum absolute atomic E-state index is 11.7. The maximum atomic E-state index is 11.7. The number of carbonyl (C=O) groups is 1. The third kappa shape index (κ3) is 6.87. The van der Waals surface area contributed by atoms with E-state index in [4.69, 9.17) is 5.11 Å². The fraction of sp³-hybridized carbons (Fsp3) is 0.438. The van der Waals surface area contributed by atoms with Crippen molar-refractivity contribution in [2.45, 2.75) is 26.2 Å². The van der Waals surface area contributed by atoms with Gasteiger partial charge in [-0.15, -0.1) is 0 Å². The van der Waals surface area contributed by atoms with E-state index in [1.165, 1.54) is 0 Å². The lowest BCUT2D eigenvalue weighted by molar-refractivity contribution is -0.116. The average molecular weight is 340 g/mol. The summed E-state index contributed by atoms with van der Waals surface area (Å²) in [4.78, 5) is 11.7. The van der Waals surface area contributed by atoms with Gasteiger partial charge in [-0.25, -0.2) is 0 Å². The van der Waals surface area contributed by atoms with Gasteiger partial charge in [0.05, 0.1) is 0 Å². The zero-order valence-electron chi connectivity index (χ0n) is 11.8. The Morgan fingerprint density at radius 2 is 2.05 bits per heavy atom. The summed E-state index contributed by atoms with van der Waals surface area (Å²) in [5, 5.41) is 11.9. The molecule has 1 rings (SSSR count). The Hall–Kier alpha value is -1.13. The molecule has 2 N–H and O–H groups in total. The highest BCUT2D eigenvalue weighted by molar-refractivity contribution is 9.10. The Morgan fingerprint density at radius 3 is 2.65 bits per heavy atom. The Balaban J connectivity index is 2.40. The largest absolute Gasteiger partial charge is 0.396 e. The van der Waals surface area contributed by atoms with Crippen LogP contribution in [0.15, 0.2) is 34.8 Å². The van der Waals surface area contributed by atoms with Gasteiger partial charge in [-0.3, -0.25) is 4.79 Å². The van der Waals surface area contributed by atoms with Gasteiger partial charge in [0.25, 0.3) is 0 Å². The molecule has 0 fully saturated rings. The number of benzene rings is 1. The first-order chi connectivity index (χ1) is 9.65. The zero-order chi connectivity index (χ0) is 14.8. The molecule has 1 aromatic carbocycles. The molecule has 0 radical (unpaired) electrons. The van der Waals surface area contributed by atoms with Gasteiger partial charge >= 0.3 is 0 Å². The summed E-state index contributed by atoms with van der Waals surface area (Å²) >= 11 is 3.37. The summed E-state index contributed by atoms with van der Waals surface area (Å²) < 4.78 is 1.02. The van der Waals surface area contributed by atoms with E-state index in [9.17, 15) is 4.79 Å². The van der Waals surface area contributed by atoms with Crippen LogP contribution < -0.4 is 5.32 Å². The van der Waals surface area contributed by atoms with Crippen LogP contribution in [-0.2, 0) is 4.79 Å². The van der Waals surface area contributed by atoms with Gasteiger partial charge < -0.3 is 10.4 Å². The van der Waals surface area contributed by atoms with Crippen molar-refractivity contribution < 1.29 is 9.90 Å². The van der Waals surface area contributed by atoms with E-state index < -0.39 is 0 Å². The third-order valence-electron chi connectivity index (χ3n) is 3.10. The predicted molar refractivity (Wildman–Crippen MR) is 86.3 cm³/mol. The minimum atomic E-state index is -0.0908. The first-order valence-electron chi connectivity index (χ1n) is 6.98. The molecule has 1 atom stereocenters. The van der Waals surface area contributed by atoms with Gasteiger partial charge in [-0.2, -0.15) is 0 Å². The van der Waals surface area contributed by atoms with Crippen LogP contribution in [0.1, 0.15) is 31.7 Å². The van der Waals surface area contributed by atoms with E-state index in [1.54, 1.807) is 12.2 Å². The molecule has 0 aliphatic rings. The van der Waals surface area contributed by atoms with Crippen LogP contribution in [0.3, 0.4) is 0 Å². The van der Waals surface area contributed by atoms with Crippen molar-refractivity contribution in [3.63, 3.8) is 0 Å². The average Bonchev–Trinajstić information content (AvgIpc) is 2.44. The monoisotopic (exact) mass is 339 g/mol. The molecule has 1 aromatic rings. The van der Waals surface area contributed by atoms with Gasteiger partial charge in [-0.1, -0.05) is 41.4 Å². The van der Waals surface area contributed by atoms with Crippen molar-refractivity contribution in [2.75, 3.05) is 13.2 Å². The number of hydrogen-bond acceptors (Lipinski definition) is 2. The van der Waals surface area contributed by atoms with Gasteiger partial charge in [0, 0.05) is 23.7 Å². The van der Waals surface area contributed by atoms with Crippen molar-refractivity contribution in [3.05, 3.63) is 40.4 Å². The molecular weight excluding hydrogens is 318 g/mol. The van der Waals surface area contributed by atoms with Crippen molar-refractivity contribution in [1.29, 1.82) is 0 Å². The molecule has 0 aromatic heterocycles.